The number of alkyl halides is 2. The van der Waals surface area contributed by atoms with Crippen LogP contribution in [0.25, 0.3) is 0 Å². The molecule has 0 heterocycles. The van der Waals surface area contributed by atoms with Crippen molar-refractivity contribution in [3.63, 3.8) is 0 Å². The van der Waals surface area contributed by atoms with Gasteiger partial charge in [-0.3, -0.25) is 10.1 Å². The lowest BCUT2D eigenvalue weighted by molar-refractivity contribution is -0.158. The molecule has 0 saturated heterocycles. The minimum Gasteiger partial charge on any atom is -0.460 e. The van der Waals surface area contributed by atoms with E-state index in [9.17, 15) is 19.2 Å². The van der Waals surface area contributed by atoms with Crippen LogP contribution in [0.1, 0.15) is 59.9 Å². The van der Waals surface area contributed by atoms with Crippen LogP contribution in [-0.4, -0.2) is 65.1 Å². The Balaban J connectivity index is 1.89. The van der Waals surface area contributed by atoms with Crippen molar-refractivity contribution in [3.8, 4) is 5.75 Å². The van der Waals surface area contributed by atoms with Crippen LogP contribution in [-0.2, 0) is 30.4 Å². The first-order chi connectivity index (χ1) is 21.1. The largest absolute Gasteiger partial charge is 0.460 e. The van der Waals surface area contributed by atoms with E-state index < -0.39 is 41.4 Å². The molecule has 2 aromatic carbocycles. The molecule has 0 bridgehead atoms. The molecule has 0 saturated carbocycles. The number of anilines is 2. The second-order valence-corrected chi connectivity index (χ2v) is 13.6. The summed E-state index contributed by atoms with van der Waals surface area (Å²) in [6.07, 6.45) is -1.65. The normalized spacial score (nSPS) is 12.0. The van der Waals surface area contributed by atoms with Crippen LogP contribution in [0.5, 0.6) is 5.75 Å². The molecule has 0 aromatic heterocycles. The maximum atomic E-state index is 12.7. The van der Waals surface area contributed by atoms with E-state index in [0.29, 0.717) is 11.3 Å². The summed E-state index contributed by atoms with van der Waals surface area (Å²) in [5.41, 5.74) is 0.836. The van der Waals surface area contributed by atoms with E-state index in [4.69, 9.17) is 18.9 Å². The van der Waals surface area contributed by atoms with Gasteiger partial charge in [-0.2, -0.15) is 0 Å². The molecular formula is C32H43Br2N3O8. The molecule has 1 atom stereocenters. The zero-order chi connectivity index (χ0) is 33.6. The van der Waals surface area contributed by atoms with Gasteiger partial charge in [0.05, 0.1) is 0 Å². The average molecular weight is 758 g/mol. The summed E-state index contributed by atoms with van der Waals surface area (Å²) in [7, 11) is 0. The molecule has 0 aliphatic heterocycles. The number of ether oxygens (including phenoxy) is 4. The van der Waals surface area contributed by atoms with E-state index in [1.54, 1.807) is 53.7 Å². The van der Waals surface area contributed by atoms with E-state index in [2.05, 4.69) is 47.4 Å². The predicted molar refractivity (Wildman–Crippen MR) is 180 cm³/mol. The standard InChI is InChI=1S/C32H43Br2N3O8/c1-31(2,3)44-27(38)16-15-26(28(39)45-32(4,5)6)36-30(41)43-25-13-7-22(8-14-25)21-42-29(40)35-23-9-11-24(12-10-23)37(19-17-33)20-18-34/h7-14,26H,15-21H2,1-6H3,(H,35,40)(H,36,41)/t26-/m0/s1. The van der Waals surface area contributed by atoms with Gasteiger partial charge in [0.25, 0.3) is 0 Å². The summed E-state index contributed by atoms with van der Waals surface area (Å²) in [6.45, 7) is 12.0. The Labute approximate surface area is 281 Å². The van der Waals surface area contributed by atoms with Crippen LogP contribution in [0.2, 0.25) is 0 Å². The van der Waals surface area contributed by atoms with Crippen molar-refractivity contribution >= 4 is 67.4 Å². The number of halogens is 2. The lowest BCUT2D eigenvalue weighted by Gasteiger charge is -2.25. The molecule has 0 aliphatic rings. The smallest absolute Gasteiger partial charge is 0.413 e. The highest BCUT2D eigenvalue weighted by Gasteiger charge is 2.29. The number of hydrogen-bond donors (Lipinski definition) is 2. The first-order valence-electron chi connectivity index (χ1n) is 14.5. The van der Waals surface area contributed by atoms with Gasteiger partial charge < -0.3 is 29.2 Å². The van der Waals surface area contributed by atoms with Crippen LogP contribution >= 0.6 is 31.9 Å². The van der Waals surface area contributed by atoms with Crippen molar-refractivity contribution in [2.45, 2.75) is 78.2 Å². The maximum absolute atomic E-state index is 12.7. The zero-order valence-electron chi connectivity index (χ0n) is 26.6. The number of carbonyl (C=O) groups is 4. The summed E-state index contributed by atoms with van der Waals surface area (Å²) in [5.74, 6) is -1.01. The van der Waals surface area contributed by atoms with E-state index >= 15 is 0 Å². The van der Waals surface area contributed by atoms with Crippen LogP contribution in [0.15, 0.2) is 48.5 Å². The van der Waals surface area contributed by atoms with E-state index in [1.165, 1.54) is 12.1 Å². The number of benzene rings is 2. The summed E-state index contributed by atoms with van der Waals surface area (Å²) in [5, 5.41) is 6.88. The minimum atomic E-state index is -1.13. The lowest BCUT2D eigenvalue weighted by atomic mass is 10.1. The van der Waals surface area contributed by atoms with E-state index in [-0.39, 0.29) is 25.2 Å². The molecule has 0 unspecified atom stereocenters. The van der Waals surface area contributed by atoms with Crippen LogP contribution < -0.4 is 20.3 Å². The van der Waals surface area contributed by atoms with Gasteiger partial charge in [-0.25, -0.2) is 14.4 Å². The highest BCUT2D eigenvalue weighted by atomic mass is 79.9. The fraction of sp³-hybridized carbons (Fsp3) is 0.500. The van der Waals surface area contributed by atoms with Crippen molar-refractivity contribution in [3.05, 3.63) is 54.1 Å². The molecule has 2 N–H and O–H groups in total. The minimum absolute atomic E-state index is 0.00788. The van der Waals surface area contributed by atoms with Crippen molar-refractivity contribution in [1.29, 1.82) is 0 Å². The Morgan fingerprint density at radius 2 is 1.38 bits per heavy atom. The molecule has 248 valence electrons. The van der Waals surface area contributed by atoms with Gasteiger partial charge in [0, 0.05) is 41.5 Å². The number of nitrogens with one attached hydrogen (secondary N) is 2. The molecule has 11 nitrogen and oxygen atoms in total. The number of amides is 2. The Morgan fingerprint density at radius 3 is 1.91 bits per heavy atom. The second kappa shape index (κ2) is 18.0. The number of esters is 2. The molecule has 0 fully saturated rings. The summed E-state index contributed by atoms with van der Waals surface area (Å²) in [4.78, 5) is 52.1. The predicted octanol–water partition coefficient (Wildman–Crippen LogP) is 6.95. The van der Waals surface area contributed by atoms with E-state index in [0.717, 1.165) is 29.4 Å². The second-order valence-electron chi connectivity index (χ2n) is 12.0. The van der Waals surface area contributed by atoms with Gasteiger partial charge in [-0.05, 0) is 89.9 Å². The Hall–Kier alpha value is -3.32. The molecule has 45 heavy (non-hydrogen) atoms. The molecular weight excluding hydrogens is 714 g/mol. The van der Waals surface area contributed by atoms with Crippen LogP contribution in [0, 0.1) is 0 Å². The van der Waals surface area contributed by atoms with Crippen molar-refractivity contribution in [1.82, 2.24) is 5.32 Å². The molecule has 0 spiro atoms. The van der Waals surface area contributed by atoms with Gasteiger partial charge in [0.2, 0.25) is 0 Å². The Kier molecular flexibility index (Phi) is 15.1. The van der Waals surface area contributed by atoms with Crippen molar-refractivity contribution < 1.29 is 38.1 Å². The van der Waals surface area contributed by atoms with Gasteiger partial charge in [-0.15, -0.1) is 0 Å². The summed E-state index contributed by atoms with van der Waals surface area (Å²) in [6, 6.07) is 12.7. The fourth-order valence-electron chi connectivity index (χ4n) is 3.84. The first-order valence-corrected chi connectivity index (χ1v) is 16.8. The van der Waals surface area contributed by atoms with Gasteiger partial charge >= 0.3 is 24.1 Å². The van der Waals surface area contributed by atoms with Crippen molar-refractivity contribution in [2.75, 3.05) is 34.0 Å². The molecule has 0 aliphatic carbocycles. The van der Waals surface area contributed by atoms with Crippen LogP contribution in [0.3, 0.4) is 0 Å². The number of nitrogens with zero attached hydrogens (tertiary/aromatic N) is 1. The highest BCUT2D eigenvalue weighted by Crippen LogP contribution is 2.20. The third-order valence-corrected chi connectivity index (χ3v) is 6.44. The molecule has 13 heteroatoms. The topological polar surface area (TPSA) is 132 Å². The fourth-order valence-corrected chi connectivity index (χ4v) is 4.70. The quantitative estimate of drug-likeness (QED) is 0.119. The third-order valence-electron chi connectivity index (χ3n) is 5.73. The molecule has 0 radical (unpaired) electrons. The summed E-state index contributed by atoms with van der Waals surface area (Å²) >= 11 is 6.94. The number of hydrogen-bond acceptors (Lipinski definition) is 9. The number of carbonyl (C=O) groups excluding carboxylic acids is 4. The summed E-state index contributed by atoms with van der Waals surface area (Å²) < 4.78 is 21.3. The monoisotopic (exact) mass is 755 g/mol. The molecule has 2 amide bonds. The van der Waals surface area contributed by atoms with Gasteiger partial charge in [0.1, 0.15) is 29.6 Å². The average Bonchev–Trinajstić information content (AvgIpc) is 2.93. The SMILES string of the molecule is CC(C)(C)OC(=O)CC[C@H](NC(=O)Oc1ccc(COC(=O)Nc2ccc(N(CCBr)CCBr)cc2)cc1)C(=O)OC(C)(C)C. The zero-order valence-corrected chi connectivity index (χ0v) is 29.8. The van der Waals surface area contributed by atoms with Crippen LogP contribution in [0.4, 0.5) is 21.0 Å². The Morgan fingerprint density at radius 1 is 0.800 bits per heavy atom. The van der Waals surface area contributed by atoms with Crippen molar-refractivity contribution in [2.24, 2.45) is 0 Å². The van der Waals surface area contributed by atoms with Gasteiger partial charge in [-0.1, -0.05) is 44.0 Å². The Bertz CT molecular complexity index is 1250. The molecule has 2 aromatic rings. The first kappa shape index (κ1) is 37.9. The number of rotatable bonds is 14. The third kappa shape index (κ3) is 15.5. The van der Waals surface area contributed by atoms with E-state index in [1.807, 2.05) is 24.3 Å². The molecule has 2 rings (SSSR count). The maximum Gasteiger partial charge on any atom is 0.413 e. The highest BCUT2D eigenvalue weighted by molar-refractivity contribution is 9.09. The lowest BCUT2D eigenvalue weighted by Crippen LogP contribution is -2.45. The van der Waals surface area contributed by atoms with Gasteiger partial charge in [0.15, 0.2) is 0 Å².